The summed E-state index contributed by atoms with van der Waals surface area (Å²) in [5.41, 5.74) is 0. The Morgan fingerprint density at radius 3 is 1.35 bits per heavy atom. The predicted octanol–water partition coefficient (Wildman–Crippen LogP) is 13.6. The lowest BCUT2D eigenvalue weighted by Gasteiger charge is -2.18. The molecule has 0 saturated heterocycles. The number of phosphoric ester groups is 1. The van der Waals surface area contributed by atoms with Crippen LogP contribution in [0.3, 0.4) is 0 Å². The highest BCUT2D eigenvalue weighted by Crippen LogP contribution is 2.43. The van der Waals surface area contributed by atoms with Crippen LogP contribution in [0, 0.1) is 0 Å². The number of carboxylic acids is 1. The van der Waals surface area contributed by atoms with Gasteiger partial charge in [0, 0.05) is 12.8 Å². The molecule has 0 aromatic rings. The van der Waals surface area contributed by atoms with Crippen molar-refractivity contribution < 1.29 is 47.8 Å². The smallest absolute Gasteiger partial charge is 0.472 e. The number of aliphatic hydroxyl groups excluding tert-OH is 1. The van der Waals surface area contributed by atoms with Crippen LogP contribution in [0.1, 0.15) is 232 Å². The molecule has 1 amide bonds. The SMILES string of the molecule is CCCCC/C=C\C/C=C\CCCCCCCCCCCC(=O)NC(COP(=O)(O)OCC(O)COC(=O)CCCCCCCCCCC/C=C/CCCCCCCC)C(=O)O. The third-order valence-corrected chi connectivity index (χ3v) is 11.9. The molecule has 12 heteroatoms. The minimum atomic E-state index is -4.76. The molecule has 0 aromatic carbocycles. The van der Waals surface area contributed by atoms with E-state index >= 15 is 0 Å². The third-order valence-electron chi connectivity index (χ3n) is 10.9. The van der Waals surface area contributed by atoms with Gasteiger partial charge in [-0.3, -0.25) is 18.6 Å². The van der Waals surface area contributed by atoms with Crippen LogP contribution < -0.4 is 5.32 Å². The number of phosphoric acid groups is 1. The Balaban J connectivity index is 3.84. The van der Waals surface area contributed by atoms with Crippen molar-refractivity contribution in [2.45, 2.75) is 244 Å². The van der Waals surface area contributed by atoms with Crippen molar-refractivity contribution in [2.75, 3.05) is 19.8 Å². The summed E-state index contributed by atoms with van der Waals surface area (Å²) < 4.78 is 26.9. The molecule has 0 fully saturated rings. The Morgan fingerprint density at radius 1 is 0.516 bits per heavy atom. The van der Waals surface area contributed by atoms with Crippen molar-refractivity contribution in [2.24, 2.45) is 0 Å². The molecule has 0 aromatic heterocycles. The van der Waals surface area contributed by atoms with Crippen molar-refractivity contribution in [1.29, 1.82) is 0 Å². The minimum absolute atomic E-state index is 0.141. The first-order valence-electron chi connectivity index (χ1n) is 25.0. The molecular formula is C50H92NO10P. The Bertz CT molecular complexity index is 1190. The van der Waals surface area contributed by atoms with E-state index in [1.54, 1.807) is 0 Å². The highest BCUT2D eigenvalue weighted by molar-refractivity contribution is 7.47. The summed E-state index contributed by atoms with van der Waals surface area (Å²) in [6.45, 7) is 2.59. The number of esters is 1. The number of carbonyl (C=O) groups excluding carboxylic acids is 2. The monoisotopic (exact) mass is 898 g/mol. The molecule has 11 nitrogen and oxygen atoms in total. The number of carbonyl (C=O) groups is 3. The van der Waals surface area contributed by atoms with Crippen LogP contribution in [-0.4, -0.2) is 64.9 Å². The van der Waals surface area contributed by atoms with E-state index in [2.05, 4.69) is 55.6 Å². The third kappa shape index (κ3) is 44.3. The number of unbranched alkanes of at least 4 members (excludes halogenated alkanes) is 27. The van der Waals surface area contributed by atoms with Crippen molar-refractivity contribution in [3.63, 3.8) is 0 Å². The van der Waals surface area contributed by atoms with Crippen molar-refractivity contribution in [3.8, 4) is 0 Å². The van der Waals surface area contributed by atoms with Gasteiger partial charge in [-0.15, -0.1) is 0 Å². The quantitative estimate of drug-likeness (QED) is 0.0200. The summed E-state index contributed by atoms with van der Waals surface area (Å²) in [6.07, 6.45) is 50.1. The van der Waals surface area contributed by atoms with Gasteiger partial charge >= 0.3 is 19.8 Å². The fourth-order valence-electron chi connectivity index (χ4n) is 6.99. The topological polar surface area (TPSA) is 169 Å². The first kappa shape index (κ1) is 59.7. The molecule has 362 valence electrons. The van der Waals surface area contributed by atoms with Gasteiger partial charge in [-0.1, -0.05) is 185 Å². The lowest BCUT2D eigenvalue weighted by Crippen LogP contribution is -2.43. The van der Waals surface area contributed by atoms with E-state index in [0.29, 0.717) is 12.8 Å². The number of carboxylic acid groups (broad SMARTS) is 1. The Hall–Kier alpha value is -2.30. The van der Waals surface area contributed by atoms with Crippen LogP contribution in [0.5, 0.6) is 0 Å². The summed E-state index contributed by atoms with van der Waals surface area (Å²) in [6, 6.07) is -1.55. The van der Waals surface area contributed by atoms with Gasteiger partial charge < -0.3 is 25.2 Å². The fourth-order valence-corrected chi connectivity index (χ4v) is 7.76. The van der Waals surface area contributed by atoms with Gasteiger partial charge in [0.05, 0.1) is 13.2 Å². The number of rotatable bonds is 47. The molecule has 0 aliphatic carbocycles. The molecule has 0 spiro atoms. The lowest BCUT2D eigenvalue weighted by atomic mass is 10.1. The van der Waals surface area contributed by atoms with Gasteiger partial charge in [0.1, 0.15) is 12.7 Å². The summed E-state index contributed by atoms with van der Waals surface area (Å²) in [4.78, 5) is 46.1. The summed E-state index contributed by atoms with van der Waals surface area (Å²) >= 11 is 0. The molecule has 0 saturated carbocycles. The molecule has 0 rings (SSSR count). The van der Waals surface area contributed by atoms with Crippen LogP contribution in [0.2, 0.25) is 0 Å². The van der Waals surface area contributed by atoms with Crippen LogP contribution >= 0.6 is 7.82 Å². The van der Waals surface area contributed by atoms with Gasteiger partial charge in [-0.25, -0.2) is 9.36 Å². The summed E-state index contributed by atoms with van der Waals surface area (Å²) in [5.74, 6) is -2.37. The maximum atomic E-state index is 12.4. The van der Waals surface area contributed by atoms with Crippen LogP contribution in [-0.2, 0) is 32.7 Å². The second kappa shape index (κ2) is 45.3. The fraction of sp³-hybridized carbons (Fsp3) is 0.820. The average Bonchev–Trinajstić information content (AvgIpc) is 3.25. The standard InChI is InChI=1S/C50H92NO10P/c1-3-5-7-9-11-13-15-17-19-21-23-25-27-29-31-33-35-37-39-41-48(53)51-47(50(55)56)45-61-62(57,58)60-44-46(52)43-59-49(54)42-40-38-36-34-32-30-28-26-24-22-20-18-16-14-12-10-8-6-4-2/h11,13,17-20,46-47,52H,3-10,12,14-16,21-45H2,1-2H3,(H,51,53)(H,55,56)(H,57,58)/b13-11-,19-17-,20-18+. The highest BCUT2D eigenvalue weighted by Gasteiger charge is 2.28. The number of ether oxygens (including phenoxy) is 1. The van der Waals surface area contributed by atoms with E-state index in [1.807, 2.05) is 0 Å². The van der Waals surface area contributed by atoms with E-state index in [4.69, 9.17) is 13.8 Å². The average molecular weight is 898 g/mol. The van der Waals surface area contributed by atoms with Crippen molar-refractivity contribution >= 4 is 25.7 Å². The van der Waals surface area contributed by atoms with Crippen molar-refractivity contribution in [1.82, 2.24) is 5.32 Å². The second-order valence-corrected chi connectivity index (χ2v) is 18.5. The largest absolute Gasteiger partial charge is 0.480 e. The molecule has 3 atom stereocenters. The van der Waals surface area contributed by atoms with Gasteiger partial charge in [0.25, 0.3) is 0 Å². The first-order chi connectivity index (χ1) is 30.1. The zero-order valence-corrected chi connectivity index (χ0v) is 40.3. The number of hydrogen-bond acceptors (Lipinski definition) is 8. The number of nitrogens with one attached hydrogen (secondary N) is 1. The summed E-state index contributed by atoms with van der Waals surface area (Å²) in [5, 5.41) is 21.9. The highest BCUT2D eigenvalue weighted by atomic mass is 31.2. The van der Waals surface area contributed by atoms with Crippen LogP contribution in [0.25, 0.3) is 0 Å². The summed E-state index contributed by atoms with van der Waals surface area (Å²) in [7, 11) is -4.76. The molecule has 0 aliphatic rings. The molecule has 0 bridgehead atoms. The zero-order valence-electron chi connectivity index (χ0n) is 39.4. The maximum absolute atomic E-state index is 12.4. The predicted molar refractivity (Wildman–Crippen MR) is 254 cm³/mol. The van der Waals surface area contributed by atoms with Crippen LogP contribution in [0.15, 0.2) is 36.5 Å². The number of aliphatic carboxylic acids is 1. The maximum Gasteiger partial charge on any atom is 0.472 e. The Kier molecular flexibility index (Phi) is 43.6. The second-order valence-electron chi connectivity index (χ2n) is 17.0. The number of aliphatic hydroxyl groups is 1. The van der Waals surface area contributed by atoms with E-state index < -0.39 is 57.6 Å². The van der Waals surface area contributed by atoms with Crippen molar-refractivity contribution in [3.05, 3.63) is 36.5 Å². The van der Waals surface area contributed by atoms with Gasteiger partial charge in [0.15, 0.2) is 6.04 Å². The molecule has 0 heterocycles. The number of allylic oxidation sites excluding steroid dienone is 6. The number of hydrogen-bond donors (Lipinski definition) is 4. The molecule has 0 radical (unpaired) electrons. The number of amides is 1. The molecule has 62 heavy (non-hydrogen) atoms. The van der Waals surface area contributed by atoms with Gasteiger partial charge in [-0.05, 0) is 70.6 Å². The van der Waals surface area contributed by atoms with E-state index in [-0.39, 0.29) is 12.8 Å². The van der Waals surface area contributed by atoms with E-state index in [1.165, 1.54) is 135 Å². The van der Waals surface area contributed by atoms with Gasteiger partial charge in [-0.2, -0.15) is 0 Å². The molecule has 4 N–H and O–H groups in total. The molecule has 3 unspecified atom stereocenters. The normalized spacial score (nSPS) is 13.9. The first-order valence-corrected chi connectivity index (χ1v) is 26.5. The zero-order chi connectivity index (χ0) is 45.6. The Labute approximate surface area is 378 Å². The minimum Gasteiger partial charge on any atom is -0.480 e. The molecule has 0 aliphatic heterocycles. The van der Waals surface area contributed by atoms with E-state index in [9.17, 15) is 34.1 Å². The Morgan fingerprint density at radius 2 is 0.887 bits per heavy atom. The van der Waals surface area contributed by atoms with Crippen LogP contribution in [0.4, 0.5) is 0 Å². The van der Waals surface area contributed by atoms with Gasteiger partial charge in [0.2, 0.25) is 5.91 Å². The molecular weight excluding hydrogens is 806 g/mol. The van der Waals surface area contributed by atoms with E-state index in [0.717, 1.165) is 57.8 Å². The lowest BCUT2D eigenvalue weighted by molar-refractivity contribution is -0.147.